The predicted octanol–water partition coefficient (Wildman–Crippen LogP) is 4.81. The Bertz CT molecular complexity index is 975. The molecule has 3 rings (SSSR count). The molecule has 0 spiro atoms. The molecule has 0 radical (unpaired) electrons. The van der Waals surface area contributed by atoms with Gasteiger partial charge in [-0.25, -0.2) is 4.98 Å². The van der Waals surface area contributed by atoms with Gasteiger partial charge in [-0.05, 0) is 62.6 Å². The third-order valence-electron chi connectivity index (χ3n) is 4.76. The van der Waals surface area contributed by atoms with E-state index in [1.54, 1.807) is 0 Å². The molecule has 0 saturated carbocycles. The summed E-state index contributed by atoms with van der Waals surface area (Å²) in [7, 11) is 0. The van der Waals surface area contributed by atoms with Crippen molar-refractivity contribution in [2.75, 3.05) is 0 Å². The van der Waals surface area contributed by atoms with Crippen LogP contribution in [0.25, 0.3) is 11.0 Å². The fourth-order valence-electron chi connectivity index (χ4n) is 3.23. The van der Waals surface area contributed by atoms with Crippen molar-refractivity contribution >= 4 is 28.5 Å². The second-order valence-electron chi connectivity index (χ2n) is 7.35. The molecule has 2 aromatic carbocycles. The number of amides is 1. The Balaban J connectivity index is 1.98. The molecular formula is C22H26ClN3O. The molecule has 27 heavy (non-hydrogen) atoms. The van der Waals surface area contributed by atoms with Crippen LogP contribution < -0.4 is 5.32 Å². The van der Waals surface area contributed by atoms with E-state index < -0.39 is 0 Å². The van der Waals surface area contributed by atoms with E-state index >= 15 is 0 Å². The van der Waals surface area contributed by atoms with E-state index in [1.807, 2.05) is 38.1 Å². The molecule has 0 saturated heterocycles. The number of nitrogens with one attached hydrogen (secondary N) is 1. The van der Waals surface area contributed by atoms with E-state index in [-0.39, 0.29) is 11.9 Å². The van der Waals surface area contributed by atoms with Crippen molar-refractivity contribution in [2.45, 2.75) is 53.1 Å². The average Bonchev–Trinajstić information content (AvgIpc) is 2.91. The van der Waals surface area contributed by atoms with Crippen molar-refractivity contribution in [3.8, 4) is 0 Å². The van der Waals surface area contributed by atoms with Gasteiger partial charge in [0.25, 0.3) is 0 Å². The zero-order valence-electron chi connectivity index (χ0n) is 16.3. The minimum atomic E-state index is 0.0550. The van der Waals surface area contributed by atoms with Crippen LogP contribution in [0.5, 0.6) is 0 Å². The maximum atomic E-state index is 12.2. The van der Waals surface area contributed by atoms with Crippen LogP contribution in [0.15, 0.2) is 36.4 Å². The largest absolute Gasteiger partial charge is 0.354 e. The molecule has 1 amide bonds. The van der Waals surface area contributed by atoms with Crippen LogP contribution in [0.3, 0.4) is 0 Å². The highest BCUT2D eigenvalue weighted by Gasteiger charge is 2.15. The maximum absolute atomic E-state index is 12.2. The van der Waals surface area contributed by atoms with Gasteiger partial charge < -0.3 is 9.88 Å². The highest BCUT2D eigenvalue weighted by molar-refractivity contribution is 6.31. The van der Waals surface area contributed by atoms with Gasteiger partial charge in [-0.3, -0.25) is 4.79 Å². The number of rotatable bonds is 6. The highest BCUT2D eigenvalue weighted by Crippen LogP contribution is 2.25. The highest BCUT2D eigenvalue weighted by atomic mass is 35.5. The lowest BCUT2D eigenvalue weighted by Crippen LogP contribution is -2.30. The van der Waals surface area contributed by atoms with Crippen molar-refractivity contribution < 1.29 is 4.79 Å². The fourth-order valence-corrected chi connectivity index (χ4v) is 3.44. The standard InChI is InChI=1S/C22H26ClN3O/c1-14(2)24-22(27)9-10-26-20-12-16(4)15(3)11-19(20)25-21(26)13-17-7-5-6-8-18(17)23/h5-8,11-12,14H,9-10,13H2,1-4H3,(H,24,27). The lowest BCUT2D eigenvalue weighted by atomic mass is 10.1. The topological polar surface area (TPSA) is 46.9 Å². The number of halogens is 1. The summed E-state index contributed by atoms with van der Waals surface area (Å²) < 4.78 is 2.16. The van der Waals surface area contributed by atoms with E-state index in [0.29, 0.717) is 19.4 Å². The maximum Gasteiger partial charge on any atom is 0.221 e. The van der Waals surface area contributed by atoms with Crippen molar-refractivity contribution in [1.29, 1.82) is 0 Å². The number of carbonyl (C=O) groups is 1. The molecule has 0 aliphatic carbocycles. The first-order valence-corrected chi connectivity index (χ1v) is 9.72. The summed E-state index contributed by atoms with van der Waals surface area (Å²) in [6.45, 7) is 8.74. The van der Waals surface area contributed by atoms with Crippen LogP contribution in [-0.4, -0.2) is 21.5 Å². The molecule has 5 heteroatoms. The molecule has 142 valence electrons. The predicted molar refractivity (Wildman–Crippen MR) is 111 cm³/mol. The summed E-state index contributed by atoms with van der Waals surface area (Å²) in [5, 5.41) is 3.70. The molecule has 0 atom stereocenters. The summed E-state index contributed by atoms with van der Waals surface area (Å²) >= 11 is 6.36. The fraction of sp³-hybridized carbons (Fsp3) is 0.364. The van der Waals surface area contributed by atoms with Crippen molar-refractivity contribution in [2.24, 2.45) is 0 Å². The zero-order chi connectivity index (χ0) is 19.6. The van der Waals surface area contributed by atoms with E-state index in [4.69, 9.17) is 16.6 Å². The Morgan fingerprint density at radius 1 is 1.19 bits per heavy atom. The number of aromatic nitrogens is 2. The van der Waals surface area contributed by atoms with Crippen molar-refractivity contribution in [1.82, 2.24) is 14.9 Å². The minimum Gasteiger partial charge on any atom is -0.354 e. The quantitative estimate of drug-likeness (QED) is 0.663. The minimum absolute atomic E-state index is 0.0550. The molecule has 0 fully saturated rings. The van der Waals surface area contributed by atoms with Crippen molar-refractivity contribution in [3.05, 3.63) is 63.9 Å². The zero-order valence-corrected chi connectivity index (χ0v) is 17.1. The van der Waals surface area contributed by atoms with Gasteiger partial charge in [0.15, 0.2) is 0 Å². The molecule has 1 N–H and O–H groups in total. The number of benzene rings is 2. The summed E-state index contributed by atoms with van der Waals surface area (Å²) in [5.41, 5.74) is 5.51. The van der Waals surface area contributed by atoms with Gasteiger partial charge in [-0.1, -0.05) is 29.8 Å². The number of nitrogens with zero attached hydrogens (tertiary/aromatic N) is 2. The SMILES string of the molecule is Cc1cc2nc(Cc3ccccc3Cl)n(CCC(=O)NC(C)C)c2cc1C. The molecule has 4 nitrogen and oxygen atoms in total. The number of imidazole rings is 1. The van der Waals surface area contributed by atoms with Gasteiger partial charge in [0.05, 0.1) is 11.0 Å². The van der Waals surface area contributed by atoms with Gasteiger partial charge in [0, 0.05) is 30.5 Å². The van der Waals surface area contributed by atoms with Gasteiger partial charge >= 0.3 is 0 Å². The molecule has 1 aromatic heterocycles. The summed E-state index contributed by atoms with van der Waals surface area (Å²) in [4.78, 5) is 17.0. The van der Waals surface area contributed by atoms with E-state index in [0.717, 1.165) is 27.4 Å². The van der Waals surface area contributed by atoms with Crippen LogP contribution in [0.1, 0.15) is 42.8 Å². The lowest BCUT2D eigenvalue weighted by molar-refractivity contribution is -0.121. The molecular weight excluding hydrogens is 358 g/mol. The third kappa shape index (κ3) is 4.51. The lowest BCUT2D eigenvalue weighted by Gasteiger charge is -2.12. The Morgan fingerprint density at radius 2 is 1.89 bits per heavy atom. The first kappa shape index (κ1) is 19.4. The monoisotopic (exact) mass is 383 g/mol. The van der Waals surface area contributed by atoms with Crippen LogP contribution in [0, 0.1) is 13.8 Å². The van der Waals surface area contributed by atoms with Gasteiger partial charge in [-0.2, -0.15) is 0 Å². The number of aryl methyl sites for hydroxylation is 3. The number of hydrogen-bond donors (Lipinski definition) is 1. The number of fused-ring (bicyclic) bond motifs is 1. The Hall–Kier alpha value is -2.33. The molecule has 0 unspecified atom stereocenters. The second-order valence-corrected chi connectivity index (χ2v) is 7.75. The molecule has 0 aliphatic rings. The van der Waals surface area contributed by atoms with Gasteiger partial charge in [-0.15, -0.1) is 0 Å². The smallest absolute Gasteiger partial charge is 0.221 e. The number of carbonyl (C=O) groups excluding carboxylic acids is 1. The summed E-state index contributed by atoms with van der Waals surface area (Å²) in [5.74, 6) is 0.986. The Labute approximate surface area is 165 Å². The molecule has 0 aliphatic heterocycles. The molecule has 3 aromatic rings. The normalized spacial score (nSPS) is 11.3. The average molecular weight is 384 g/mol. The second kappa shape index (κ2) is 8.13. The summed E-state index contributed by atoms with van der Waals surface area (Å²) in [6, 6.07) is 12.3. The van der Waals surface area contributed by atoms with Crippen molar-refractivity contribution in [3.63, 3.8) is 0 Å². The van der Waals surface area contributed by atoms with Crippen LogP contribution >= 0.6 is 11.6 Å². The third-order valence-corrected chi connectivity index (χ3v) is 5.13. The van der Waals surface area contributed by atoms with E-state index in [1.165, 1.54) is 11.1 Å². The van der Waals surface area contributed by atoms with Gasteiger partial charge in [0.1, 0.15) is 5.82 Å². The number of hydrogen-bond acceptors (Lipinski definition) is 2. The Kier molecular flexibility index (Phi) is 5.85. The van der Waals surface area contributed by atoms with Crippen LogP contribution in [0.2, 0.25) is 5.02 Å². The van der Waals surface area contributed by atoms with E-state index in [9.17, 15) is 4.79 Å². The molecule has 1 heterocycles. The first-order valence-electron chi connectivity index (χ1n) is 9.34. The first-order chi connectivity index (χ1) is 12.8. The molecule has 0 bridgehead atoms. The van der Waals surface area contributed by atoms with Crippen LogP contribution in [0.4, 0.5) is 0 Å². The van der Waals surface area contributed by atoms with Gasteiger partial charge in [0.2, 0.25) is 5.91 Å². The Morgan fingerprint density at radius 3 is 2.59 bits per heavy atom. The summed E-state index contributed by atoms with van der Waals surface area (Å²) in [6.07, 6.45) is 1.06. The van der Waals surface area contributed by atoms with E-state index in [2.05, 4.69) is 35.9 Å². The van der Waals surface area contributed by atoms with Crippen LogP contribution in [-0.2, 0) is 17.8 Å².